The second-order valence-corrected chi connectivity index (χ2v) is 8.05. The number of carbonyl (C=O) groups is 2. The summed E-state index contributed by atoms with van der Waals surface area (Å²) in [4.78, 5) is 31.4. The van der Waals surface area contributed by atoms with Gasteiger partial charge in [0, 0.05) is 17.2 Å². The van der Waals surface area contributed by atoms with Crippen LogP contribution in [0.2, 0.25) is 0 Å². The maximum Gasteiger partial charge on any atom is 0.539 e. The van der Waals surface area contributed by atoms with Gasteiger partial charge in [-0.25, -0.2) is 4.79 Å². The van der Waals surface area contributed by atoms with Gasteiger partial charge in [-0.3, -0.25) is 4.79 Å². The van der Waals surface area contributed by atoms with Crippen LogP contribution in [0.1, 0.15) is 27.5 Å². The first-order valence-electron chi connectivity index (χ1n) is 11.4. The summed E-state index contributed by atoms with van der Waals surface area (Å²) < 4.78 is 17.0. The number of hydroxylamine groups is 2. The van der Waals surface area contributed by atoms with Crippen molar-refractivity contribution in [1.29, 1.82) is 0 Å². The molecule has 7 heteroatoms. The highest BCUT2D eigenvalue weighted by atomic mass is 16.8. The molecule has 7 nitrogen and oxygen atoms in total. The fraction of sp³-hybridized carbons (Fsp3) is 0.103. The van der Waals surface area contributed by atoms with Crippen LogP contribution in [0.4, 0.5) is 4.79 Å². The lowest BCUT2D eigenvalue weighted by atomic mass is 10.1. The molecule has 36 heavy (non-hydrogen) atoms. The number of amides is 1. The molecule has 0 bridgehead atoms. The van der Waals surface area contributed by atoms with Gasteiger partial charge >= 0.3 is 6.16 Å². The van der Waals surface area contributed by atoms with Gasteiger partial charge in [-0.1, -0.05) is 66.7 Å². The van der Waals surface area contributed by atoms with Gasteiger partial charge < -0.3 is 19.0 Å². The zero-order valence-corrected chi connectivity index (χ0v) is 19.3. The molecule has 0 aliphatic carbocycles. The molecule has 0 aromatic heterocycles. The lowest BCUT2D eigenvalue weighted by Crippen LogP contribution is -2.38. The molecule has 5 rings (SSSR count). The Morgan fingerprint density at radius 2 is 1.47 bits per heavy atom. The summed E-state index contributed by atoms with van der Waals surface area (Å²) in [6.45, 7) is 0.519. The Morgan fingerprint density at radius 3 is 2.19 bits per heavy atom. The summed E-state index contributed by atoms with van der Waals surface area (Å²) in [6.07, 6.45) is -1.03. The van der Waals surface area contributed by atoms with Crippen LogP contribution in [0.15, 0.2) is 109 Å². The molecule has 0 spiro atoms. The average molecular weight is 482 g/mol. The van der Waals surface area contributed by atoms with Crippen molar-refractivity contribution >= 4 is 12.1 Å². The smallest absolute Gasteiger partial charge is 0.490 e. The van der Waals surface area contributed by atoms with Gasteiger partial charge in [0.1, 0.15) is 36.5 Å². The Hall–Kier alpha value is -4.78. The number of benzene rings is 4. The van der Waals surface area contributed by atoms with E-state index in [0.29, 0.717) is 35.0 Å². The van der Waals surface area contributed by atoms with Gasteiger partial charge in [0.25, 0.3) is 5.91 Å². The van der Waals surface area contributed by atoms with Crippen LogP contribution < -0.4 is 14.2 Å². The van der Waals surface area contributed by atoms with E-state index in [1.807, 2.05) is 36.4 Å². The number of fused-ring (bicyclic) bond motifs is 1. The van der Waals surface area contributed by atoms with Crippen molar-refractivity contribution in [3.63, 3.8) is 0 Å². The molecule has 1 atom stereocenters. The van der Waals surface area contributed by atoms with Crippen LogP contribution >= 0.6 is 0 Å². The largest absolute Gasteiger partial charge is 0.539 e. The molecule has 1 aliphatic rings. The maximum absolute atomic E-state index is 13.4. The van der Waals surface area contributed by atoms with Crippen molar-refractivity contribution in [2.24, 2.45) is 0 Å². The fourth-order valence-electron chi connectivity index (χ4n) is 3.84. The Labute approximate surface area is 208 Å². The minimum atomic E-state index is -1.03. The molecule has 4 aromatic rings. The fourth-order valence-corrected chi connectivity index (χ4v) is 3.84. The quantitative estimate of drug-likeness (QED) is 0.192. The van der Waals surface area contributed by atoms with Crippen molar-refractivity contribution < 1.29 is 28.6 Å². The Bertz CT molecular complexity index is 1330. The molecular formula is C29H23NO6. The second-order valence-electron chi connectivity index (χ2n) is 8.05. The minimum absolute atomic E-state index is 0.106. The van der Waals surface area contributed by atoms with Crippen molar-refractivity contribution in [3.8, 4) is 17.2 Å². The molecule has 1 amide bonds. The van der Waals surface area contributed by atoms with Crippen molar-refractivity contribution in [1.82, 2.24) is 5.06 Å². The third kappa shape index (κ3) is 5.31. The van der Waals surface area contributed by atoms with E-state index >= 15 is 0 Å². The van der Waals surface area contributed by atoms with E-state index in [2.05, 4.69) is 0 Å². The third-order valence-electron chi connectivity index (χ3n) is 5.61. The molecule has 0 unspecified atom stereocenters. The number of carbonyl (C=O) groups excluding carboxylic acids is 2. The van der Waals surface area contributed by atoms with Gasteiger partial charge in [-0.2, -0.15) is 5.06 Å². The van der Waals surface area contributed by atoms with Crippen molar-refractivity contribution in [2.75, 3.05) is 6.61 Å². The van der Waals surface area contributed by atoms with E-state index in [0.717, 1.165) is 10.6 Å². The van der Waals surface area contributed by atoms with Gasteiger partial charge in [-0.15, -0.1) is 0 Å². The Balaban J connectivity index is 1.36. The molecule has 180 valence electrons. The number of hydrogen-bond acceptors (Lipinski definition) is 6. The first kappa shape index (κ1) is 23.0. The van der Waals surface area contributed by atoms with E-state index in [1.165, 1.54) is 0 Å². The first-order valence-corrected chi connectivity index (χ1v) is 11.4. The predicted octanol–water partition coefficient (Wildman–Crippen LogP) is 5.97. The van der Waals surface area contributed by atoms with Crippen LogP contribution in [0.25, 0.3) is 0 Å². The van der Waals surface area contributed by atoms with Crippen LogP contribution in [0.3, 0.4) is 0 Å². The van der Waals surface area contributed by atoms with Crippen molar-refractivity contribution in [2.45, 2.75) is 12.6 Å². The number of hydrogen-bond donors (Lipinski definition) is 0. The normalized spacial score (nSPS) is 13.7. The van der Waals surface area contributed by atoms with Gasteiger partial charge in [0.2, 0.25) is 0 Å². The number of para-hydroxylation sites is 1. The van der Waals surface area contributed by atoms with Crippen molar-refractivity contribution in [3.05, 3.63) is 126 Å². The average Bonchev–Trinajstić information content (AvgIpc) is 3.35. The molecule has 1 aliphatic heterocycles. The summed E-state index contributed by atoms with van der Waals surface area (Å²) >= 11 is 0. The highest BCUT2D eigenvalue weighted by Crippen LogP contribution is 2.39. The summed E-state index contributed by atoms with van der Waals surface area (Å²) in [5.74, 6) is 0.990. The summed E-state index contributed by atoms with van der Waals surface area (Å²) in [6, 6.07) is 31.6. The second kappa shape index (κ2) is 10.7. The number of rotatable bonds is 6. The van der Waals surface area contributed by atoms with Crippen LogP contribution in [0, 0.1) is 0 Å². The molecule has 0 saturated carbocycles. The zero-order valence-electron chi connectivity index (χ0n) is 19.3. The zero-order chi connectivity index (χ0) is 24.7. The topological polar surface area (TPSA) is 74.3 Å². The van der Waals surface area contributed by atoms with Crippen LogP contribution in [-0.2, 0) is 11.4 Å². The standard InChI is InChI=1S/C29H23NO6/c31-28(22-12-6-2-7-13-22)30(36-29(32)35-23-14-8-3-9-15-23)26-20-34-27-18-24(16-17-25(26)27)33-19-21-10-4-1-5-11-21/h1-18,26H,19-20H2/t26-/m1/s1. The summed E-state index contributed by atoms with van der Waals surface area (Å²) in [5, 5.41) is 1.01. The number of ether oxygens (including phenoxy) is 3. The van der Waals surface area contributed by atoms with E-state index in [1.54, 1.807) is 72.8 Å². The van der Waals surface area contributed by atoms with Gasteiger partial charge in [-0.05, 0) is 42.0 Å². The lowest BCUT2D eigenvalue weighted by Gasteiger charge is -2.25. The summed E-state index contributed by atoms with van der Waals surface area (Å²) in [7, 11) is 0. The highest BCUT2D eigenvalue weighted by molar-refractivity contribution is 5.94. The molecular weight excluding hydrogens is 458 g/mol. The SMILES string of the molecule is O=C(Oc1ccccc1)ON(C(=O)c1ccccc1)[C@@H]1COc2cc(OCc3ccccc3)ccc21. The third-order valence-corrected chi connectivity index (χ3v) is 5.61. The van der Waals surface area contributed by atoms with Gasteiger partial charge in [0.15, 0.2) is 0 Å². The van der Waals surface area contributed by atoms with E-state index in [-0.39, 0.29) is 6.61 Å². The Morgan fingerprint density at radius 1 is 0.806 bits per heavy atom. The molecule has 0 saturated heterocycles. The van der Waals surface area contributed by atoms with E-state index in [4.69, 9.17) is 19.0 Å². The number of nitrogens with zero attached hydrogens (tertiary/aromatic N) is 1. The molecule has 0 fully saturated rings. The minimum Gasteiger partial charge on any atom is -0.490 e. The summed E-state index contributed by atoms with van der Waals surface area (Å²) in [5.41, 5.74) is 2.10. The maximum atomic E-state index is 13.4. The molecule has 4 aromatic carbocycles. The monoisotopic (exact) mass is 481 g/mol. The van der Waals surface area contributed by atoms with E-state index in [9.17, 15) is 9.59 Å². The molecule has 0 N–H and O–H groups in total. The first-order chi connectivity index (χ1) is 17.7. The predicted molar refractivity (Wildman–Crippen MR) is 132 cm³/mol. The van der Waals surface area contributed by atoms with Crippen LogP contribution in [-0.4, -0.2) is 23.7 Å². The molecule has 1 heterocycles. The molecule has 0 radical (unpaired) electrons. The lowest BCUT2D eigenvalue weighted by molar-refractivity contribution is -0.114. The van der Waals surface area contributed by atoms with Gasteiger partial charge in [0.05, 0.1) is 0 Å². The van der Waals surface area contributed by atoms with Crippen LogP contribution in [0.5, 0.6) is 17.2 Å². The highest BCUT2D eigenvalue weighted by Gasteiger charge is 2.37. The van der Waals surface area contributed by atoms with E-state index < -0.39 is 18.1 Å². The Kier molecular flexibility index (Phi) is 6.80.